The smallest absolute Gasteiger partial charge is 0.303 e. The van der Waals surface area contributed by atoms with E-state index in [2.05, 4.69) is 26.0 Å². The topological polar surface area (TPSA) is 37.3 Å². The molecule has 0 aliphatic heterocycles. The number of hydrogen-bond acceptors (Lipinski definition) is 1. The molecular formula is C15H28O2. The minimum Gasteiger partial charge on any atom is -0.481 e. The van der Waals surface area contributed by atoms with Gasteiger partial charge in [0.1, 0.15) is 0 Å². The van der Waals surface area contributed by atoms with E-state index in [4.69, 9.17) is 5.11 Å². The van der Waals surface area contributed by atoms with E-state index in [9.17, 15) is 4.79 Å². The lowest BCUT2D eigenvalue weighted by molar-refractivity contribution is -0.137. The SMILES string of the molecule is CC(C)CCCC/C=C\CCCCCC(=O)O. The molecule has 0 spiro atoms. The van der Waals surface area contributed by atoms with E-state index in [1.165, 1.54) is 25.7 Å². The van der Waals surface area contributed by atoms with Crippen LogP contribution >= 0.6 is 0 Å². The molecule has 1 N–H and O–H groups in total. The fraction of sp³-hybridized carbons (Fsp3) is 0.800. The number of unbranched alkanes of at least 4 members (excludes halogenated alkanes) is 5. The zero-order valence-electron chi connectivity index (χ0n) is 11.5. The maximum atomic E-state index is 10.3. The Balaban J connectivity index is 3.12. The fourth-order valence-electron chi connectivity index (χ4n) is 1.77. The van der Waals surface area contributed by atoms with Crippen molar-refractivity contribution in [1.29, 1.82) is 0 Å². The Morgan fingerprint density at radius 3 is 2.12 bits per heavy atom. The lowest BCUT2D eigenvalue weighted by Crippen LogP contribution is -1.93. The highest BCUT2D eigenvalue weighted by molar-refractivity contribution is 5.66. The van der Waals surface area contributed by atoms with E-state index in [1.807, 2.05) is 0 Å². The first-order valence-corrected chi connectivity index (χ1v) is 6.99. The highest BCUT2D eigenvalue weighted by Crippen LogP contribution is 2.09. The Bertz CT molecular complexity index is 207. The molecule has 0 fully saturated rings. The van der Waals surface area contributed by atoms with Crippen LogP contribution in [0.4, 0.5) is 0 Å². The van der Waals surface area contributed by atoms with Crippen molar-refractivity contribution < 1.29 is 9.90 Å². The first kappa shape index (κ1) is 16.2. The molecule has 0 aromatic heterocycles. The van der Waals surface area contributed by atoms with Crippen LogP contribution in [0.25, 0.3) is 0 Å². The summed E-state index contributed by atoms with van der Waals surface area (Å²) in [6, 6.07) is 0. The van der Waals surface area contributed by atoms with Crippen molar-refractivity contribution >= 4 is 5.97 Å². The van der Waals surface area contributed by atoms with Crippen LogP contribution in [0.5, 0.6) is 0 Å². The molecule has 0 saturated heterocycles. The standard InChI is InChI=1S/C15H28O2/c1-14(2)12-10-8-6-4-3-5-7-9-11-13-15(16)17/h3-4,14H,5-13H2,1-2H3,(H,16,17)/b4-3-. The van der Waals surface area contributed by atoms with Gasteiger partial charge in [0.2, 0.25) is 0 Å². The van der Waals surface area contributed by atoms with Gasteiger partial charge in [-0.05, 0) is 38.0 Å². The molecular weight excluding hydrogens is 212 g/mol. The van der Waals surface area contributed by atoms with Gasteiger partial charge in [-0.3, -0.25) is 4.79 Å². The Kier molecular flexibility index (Phi) is 11.1. The molecule has 2 heteroatoms. The summed E-state index contributed by atoms with van der Waals surface area (Å²) in [5.41, 5.74) is 0. The minimum absolute atomic E-state index is 0.318. The van der Waals surface area contributed by atoms with E-state index in [0.29, 0.717) is 6.42 Å². The molecule has 100 valence electrons. The molecule has 0 aromatic carbocycles. The summed E-state index contributed by atoms with van der Waals surface area (Å²) >= 11 is 0. The third-order valence-electron chi connectivity index (χ3n) is 2.83. The van der Waals surface area contributed by atoms with Crippen LogP contribution in [0.15, 0.2) is 12.2 Å². The van der Waals surface area contributed by atoms with Crippen LogP contribution in [-0.4, -0.2) is 11.1 Å². The van der Waals surface area contributed by atoms with Crippen molar-refractivity contribution in [2.24, 2.45) is 5.92 Å². The Morgan fingerprint density at radius 2 is 1.59 bits per heavy atom. The number of carboxylic acid groups (broad SMARTS) is 1. The highest BCUT2D eigenvalue weighted by Gasteiger charge is 1.95. The van der Waals surface area contributed by atoms with Crippen molar-refractivity contribution in [2.75, 3.05) is 0 Å². The summed E-state index contributed by atoms with van der Waals surface area (Å²) in [5.74, 6) is 0.152. The molecule has 0 radical (unpaired) electrons. The molecule has 0 saturated carbocycles. The van der Waals surface area contributed by atoms with E-state index in [-0.39, 0.29) is 0 Å². The third kappa shape index (κ3) is 15.2. The number of aliphatic carboxylic acids is 1. The first-order valence-electron chi connectivity index (χ1n) is 6.99. The molecule has 0 atom stereocenters. The van der Waals surface area contributed by atoms with Crippen LogP contribution in [0.3, 0.4) is 0 Å². The predicted octanol–water partition coefficient (Wildman–Crippen LogP) is 4.79. The van der Waals surface area contributed by atoms with Crippen LogP contribution in [0, 0.1) is 5.92 Å². The molecule has 0 bridgehead atoms. The summed E-state index contributed by atoms with van der Waals surface area (Å²) in [4.78, 5) is 10.3. The summed E-state index contributed by atoms with van der Waals surface area (Å²) in [6.07, 6.45) is 14.1. The van der Waals surface area contributed by atoms with Crippen LogP contribution in [0.1, 0.15) is 71.6 Å². The van der Waals surface area contributed by atoms with E-state index < -0.39 is 5.97 Å². The number of rotatable bonds is 11. The highest BCUT2D eigenvalue weighted by atomic mass is 16.4. The summed E-state index contributed by atoms with van der Waals surface area (Å²) in [7, 11) is 0. The third-order valence-corrected chi connectivity index (χ3v) is 2.83. The first-order chi connectivity index (χ1) is 8.13. The predicted molar refractivity (Wildman–Crippen MR) is 73.2 cm³/mol. The number of carboxylic acids is 1. The van der Waals surface area contributed by atoms with Crippen LogP contribution in [0.2, 0.25) is 0 Å². The van der Waals surface area contributed by atoms with Gasteiger partial charge < -0.3 is 5.11 Å². The maximum absolute atomic E-state index is 10.3. The Hall–Kier alpha value is -0.790. The summed E-state index contributed by atoms with van der Waals surface area (Å²) < 4.78 is 0. The van der Waals surface area contributed by atoms with Gasteiger partial charge in [0, 0.05) is 6.42 Å². The summed E-state index contributed by atoms with van der Waals surface area (Å²) in [6.45, 7) is 4.54. The molecule has 0 aromatic rings. The monoisotopic (exact) mass is 240 g/mol. The van der Waals surface area contributed by atoms with E-state index in [1.54, 1.807) is 0 Å². The Labute approximate surface area is 106 Å². The lowest BCUT2D eigenvalue weighted by atomic mass is 10.1. The van der Waals surface area contributed by atoms with Gasteiger partial charge >= 0.3 is 5.97 Å². The fourth-order valence-corrected chi connectivity index (χ4v) is 1.77. The van der Waals surface area contributed by atoms with Crippen molar-refractivity contribution in [3.8, 4) is 0 Å². The Morgan fingerprint density at radius 1 is 1.00 bits per heavy atom. The van der Waals surface area contributed by atoms with Crippen molar-refractivity contribution in [2.45, 2.75) is 71.6 Å². The maximum Gasteiger partial charge on any atom is 0.303 e. The van der Waals surface area contributed by atoms with Crippen LogP contribution < -0.4 is 0 Å². The zero-order valence-corrected chi connectivity index (χ0v) is 11.5. The number of hydrogen-bond donors (Lipinski definition) is 1. The quantitative estimate of drug-likeness (QED) is 0.416. The molecule has 17 heavy (non-hydrogen) atoms. The normalized spacial score (nSPS) is 11.5. The second-order valence-corrected chi connectivity index (χ2v) is 5.14. The molecule has 0 aliphatic carbocycles. The van der Waals surface area contributed by atoms with Gasteiger partial charge in [-0.25, -0.2) is 0 Å². The molecule has 0 aliphatic rings. The van der Waals surface area contributed by atoms with Gasteiger partial charge in [0.25, 0.3) is 0 Å². The van der Waals surface area contributed by atoms with E-state index in [0.717, 1.165) is 31.6 Å². The van der Waals surface area contributed by atoms with Gasteiger partial charge in [0.05, 0.1) is 0 Å². The molecule has 0 heterocycles. The van der Waals surface area contributed by atoms with Crippen LogP contribution in [-0.2, 0) is 4.79 Å². The van der Waals surface area contributed by atoms with Gasteiger partial charge in [0.15, 0.2) is 0 Å². The number of carbonyl (C=O) groups is 1. The molecule has 0 amide bonds. The second kappa shape index (κ2) is 11.7. The summed E-state index contributed by atoms with van der Waals surface area (Å²) in [5, 5.41) is 8.46. The average molecular weight is 240 g/mol. The van der Waals surface area contributed by atoms with E-state index >= 15 is 0 Å². The van der Waals surface area contributed by atoms with Crippen molar-refractivity contribution in [3.63, 3.8) is 0 Å². The zero-order chi connectivity index (χ0) is 12.9. The second-order valence-electron chi connectivity index (χ2n) is 5.14. The molecule has 0 unspecified atom stereocenters. The minimum atomic E-state index is -0.675. The van der Waals surface area contributed by atoms with Gasteiger partial charge in [-0.2, -0.15) is 0 Å². The van der Waals surface area contributed by atoms with Crippen molar-refractivity contribution in [3.05, 3.63) is 12.2 Å². The largest absolute Gasteiger partial charge is 0.481 e. The van der Waals surface area contributed by atoms with Gasteiger partial charge in [-0.15, -0.1) is 0 Å². The van der Waals surface area contributed by atoms with Gasteiger partial charge in [-0.1, -0.05) is 45.3 Å². The molecule has 0 rings (SSSR count). The average Bonchev–Trinajstić information content (AvgIpc) is 2.25. The van der Waals surface area contributed by atoms with Crippen molar-refractivity contribution in [1.82, 2.24) is 0 Å². The number of allylic oxidation sites excluding steroid dienone is 2. The lowest BCUT2D eigenvalue weighted by Gasteiger charge is -2.01. The molecule has 2 nitrogen and oxygen atoms in total.